The van der Waals surface area contributed by atoms with Crippen molar-refractivity contribution in [2.75, 3.05) is 0 Å². The molecule has 1 aliphatic carbocycles. The topological polar surface area (TPSA) is 0 Å². The van der Waals surface area contributed by atoms with Crippen LogP contribution >= 0.6 is 22.9 Å². The molecule has 1 heterocycles. The molecule has 88 valence electrons. The lowest BCUT2D eigenvalue weighted by Gasteiger charge is -2.33. The van der Waals surface area contributed by atoms with Crippen LogP contribution in [0.25, 0.3) is 0 Å². The Hall–Kier alpha value is -0.790. The first-order valence-electron chi connectivity index (χ1n) is 6.10. The lowest BCUT2D eigenvalue weighted by Crippen LogP contribution is -2.20. The van der Waals surface area contributed by atoms with Crippen molar-refractivity contribution in [3.05, 3.63) is 57.3 Å². The van der Waals surface area contributed by atoms with Gasteiger partial charge in [0.1, 0.15) is 0 Å². The number of rotatable bonds is 3. The summed E-state index contributed by atoms with van der Waals surface area (Å²) in [5, 5.41) is 0.148. The number of thiophene rings is 1. The van der Waals surface area contributed by atoms with Crippen LogP contribution in [0.2, 0.25) is 0 Å². The number of fused-ring (bicyclic) bond motifs is 1. The fourth-order valence-corrected chi connectivity index (χ4v) is 3.92. The normalized spacial score (nSPS) is 19.5. The second-order valence-electron chi connectivity index (χ2n) is 4.57. The van der Waals surface area contributed by atoms with Crippen molar-refractivity contribution in [2.45, 2.75) is 31.1 Å². The Morgan fingerprint density at radius 2 is 2.12 bits per heavy atom. The number of hydrogen-bond acceptors (Lipinski definition) is 1. The standard InChI is InChI=1S/C15H15ClS/c1-2-11-7-8-14(17-11)15(16)13-9-10-5-3-4-6-12(10)13/h3-8,13,15H,2,9H2,1H3. The van der Waals surface area contributed by atoms with E-state index in [1.54, 1.807) is 0 Å². The Morgan fingerprint density at radius 3 is 2.82 bits per heavy atom. The van der Waals surface area contributed by atoms with Crippen LogP contribution in [0.1, 0.15) is 39.1 Å². The van der Waals surface area contributed by atoms with Gasteiger partial charge < -0.3 is 0 Å². The van der Waals surface area contributed by atoms with E-state index in [0.29, 0.717) is 5.92 Å². The molecular formula is C15H15ClS. The maximum Gasteiger partial charge on any atom is 0.0750 e. The van der Waals surface area contributed by atoms with Gasteiger partial charge in [-0.1, -0.05) is 31.2 Å². The highest BCUT2D eigenvalue weighted by atomic mass is 35.5. The Labute approximate surface area is 111 Å². The van der Waals surface area contributed by atoms with E-state index in [2.05, 4.69) is 43.3 Å². The van der Waals surface area contributed by atoms with Crippen molar-refractivity contribution in [2.24, 2.45) is 0 Å². The fraction of sp³-hybridized carbons (Fsp3) is 0.333. The molecule has 0 aliphatic heterocycles. The van der Waals surface area contributed by atoms with Gasteiger partial charge in [-0.25, -0.2) is 0 Å². The molecule has 2 aromatic rings. The summed E-state index contributed by atoms with van der Waals surface area (Å²) in [4.78, 5) is 2.75. The van der Waals surface area contributed by atoms with E-state index in [-0.39, 0.29) is 5.38 Å². The molecular weight excluding hydrogens is 248 g/mol. The number of aryl methyl sites for hydroxylation is 1. The quantitative estimate of drug-likeness (QED) is 0.688. The minimum Gasteiger partial charge on any atom is -0.144 e. The third-order valence-corrected chi connectivity index (χ3v) is 5.53. The first-order valence-corrected chi connectivity index (χ1v) is 7.35. The Kier molecular flexibility index (Phi) is 2.97. The SMILES string of the molecule is CCc1ccc(C(Cl)C2Cc3ccccc32)s1. The second kappa shape index (κ2) is 4.47. The van der Waals surface area contributed by atoms with Gasteiger partial charge in [0.2, 0.25) is 0 Å². The third-order valence-electron chi connectivity index (χ3n) is 3.55. The van der Waals surface area contributed by atoms with Gasteiger partial charge in [0, 0.05) is 15.7 Å². The van der Waals surface area contributed by atoms with Crippen LogP contribution < -0.4 is 0 Å². The second-order valence-corrected chi connectivity index (χ2v) is 6.24. The third kappa shape index (κ3) is 1.92. The molecule has 2 atom stereocenters. The predicted molar refractivity (Wildman–Crippen MR) is 75.2 cm³/mol. The fourth-order valence-electron chi connectivity index (χ4n) is 2.49. The molecule has 1 aromatic carbocycles. The molecule has 17 heavy (non-hydrogen) atoms. The van der Waals surface area contributed by atoms with E-state index in [1.807, 2.05) is 11.3 Å². The maximum atomic E-state index is 6.62. The minimum atomic E-state index is 0.148. The molecule has 2 heteroatoms. The molecule has 0 radical (unpaired) electrons. The van der Waals surface area contributed by atoms with Gasteiger partial charge in [-0.3, -0.25) is 0 Å². The Bertz CT molecular complexity index is 529. The molecule has 3 rings (SSSR count). The van der Waals surface area contributed by atoms with Crippen LogP contribution in [0.5, 0.6) is 0 Å². The van der Waals surface area contributed by atoms with Crippen molar-refractivity contribution >= 4 is 22.9 Å². The molecule has 2 unspecified atom stereocenters. The van der Waals surface area contributed by atoms with Crippen LogP contribution in [-0.4, -0.2) is 0 Å². The number of halogens is 1. The molecule has 0 bridgehead atoms. The molecule has 0 saturated heterocycles. The first-order chi connectivity index (χ1) is 8.29. The molecule has 0 nitrogen and oxygen atoms in total. The van der Waals surface area contributed by atoms with E-state index >= 15 is 0 Å². The van der Waals surface area contributed by atoms with E-state index in [9.17, 15) is 0 Å². The average molecular weight is 263 g/mol. The molecule has 0 amide bonds. The van der Waals surface area contributed by atoms with Gasteiger partial charge in [0.05, 0.1) is 5.38 Å². The van der Waals surface area contributed by atoms with Gasteiger partial charge >= 0.3 is 0 Å². The predicted octanol–water partition coefficient (Wildman–Crippen LogP) is 4.93. The summed E-state index contributed by atoms with van der Waals surface area (Å²) in [6, 6.07) is 13.1. The van der Waals surface area contributed by atoms with Crippen LogP contribution in [0, 0.1) is 0 Å². The first kappa shape index (κ1) is 11.3. The summed E-state index contributed by atoms with van der Waals surface area (Å²) >= 11 is 8.48. The summed E-state index contributed by atoms with van der Waals surface area (Å²) in [5.74, 6) is 0.510. The largest absolute Gasteiger partial charge is 0.144 e. The van der Waals surface area contributed by atoms with Crippen molar-refractivity contribution in [1.82, 2.24) is 0 Å². The van der Waals surface area contributed by atoms with Crippen LogP contribution in [0.15, 0.2) is 36.4 Å². The monoisotopic (exact) mass is 262 g/mol. The van der Waals surface area contributed by atoms with Crippen LogP contribution in [0.3, 0.4) is 0 Å². The molecule has 1 aromatic heterocycles. The summed E-state index contributed by atoms with van der Waals surface area (Å²) in [7, 11) is 0. The number of alkyl halides is 1. The summed E-state index contributed by atoms with van der Waals surface area (Å²) in [5.41, 5.74) is 2.91. The van der Waals surface area contributed by atoms with E-state index in [0.717, 1.165) is 12.8 Å². The molecule has 0 fully saturated rings. The van der Waals surface area contributed by atoms with Gasteiger partial charge in [-0.15, -0.1) is 22.9 Å². The van der Waals surface area contributed by atoms with E-state index < -0.39 is 0 Å². The van der Waals surface area contributed by atoms with Crippen molar-refractivity contribution in [3.8, 4) is 0 Å². The Morgan fingerprint density at radius 1 is 1.29 bits per heavy atom. The summed E-state index contributed by atoms with van der Waals surface area (Å²) < 4.78 is 0. The van der Waals surface area contributed by atoms with Gasteiger partial charge in [-0.05, 0) is 36.1 Å². The van der Waals surface area contributed by atoms with Crippen LogP contribution in [0.4, 0.5) is 0 Å². The van der Waals surface area contributed by atoms with E-state index in [1.165, 1.54) is 20.9 Å². The number of benzene rings is 1. The zero-order valence-corrected chi connectivity index (χ0v) is 11.4. The van der Waals surface area contributed by atoms with Crippen molar-refractivity contribution in [3.63, 3.8) is 0 Å². The molecule has 0 saturated carbocycles. The lowest BCUT2D eigenvalue weighted by molar-refractivity contribution is 0.592. The summed E-state index contributed by atoms with van der Waals surface area (Å²) in [6.07, 6.45) is 2.24. The van der Waals surface area contributed by atoms with Crippen molar-refractivity contribution in [1.29, 1.82) is 0 Å². The smallest absolute Gasteiger partial charge is 0.0750 e. The van der Waals surface area contributed by atoms with Gasteiger partial charge in [0.25, 0.3) is 0 Å². The average Bonchev–Trinajstić information content (AvgIpc) is 2.79. The highest BCUT2D eigenvalue weighted by Gasteiger charge is 2.33. The zero-order chi connectivity index (χ0) is 11.8. The molecule has 0 N–H and O–H groups in total. The molecule has 1 aliphatic rings. The van der Waals surface area contributed by atoms with Gasteiger partial charge in [-0.2, -0.15) is 0 Å². The highest BCUT2D eigenvalue weighted by Crippen LogP contribution is 2.48. The van der Waals surface area contributed by atoms with E-state index in [4.69, 9.17) is 11.6 Å². The van der Waals surface area contributed by atoms with Gasteiger partial charge in [0.15, 0.2) is 0 Å². The van der Waals surface area contributed by atoms with Crippen LogP contribution in [-0.2, 0) is 12.8 Å². The van der Waals surface area contributed by atoms with Crippen molar-refractivity contribution < 1.29 is 0 Å². The molecule has 0 spiro atoms. The minimum absolute atomic E-state index is 0.148. The Balaban J connectivity index is 1.83. The highest BCUT2D eigenvalue weighted by molar-refractivity contribution is 7.12. The zero-order valence-electron chi connectivity index (χ0n) is 9.82. The lowest BCUT2D eigenvalue weighted by atomic mass is 9.75. The maximum absolute atomic E-state index is 6.62. The number of hydrogen-bond donors (Lipinski definition) is 0. The summed E-state index contributed by atoms with van der Waals surface area (Å²) in [6.45, 7) is 2.19.